The van der Waals surface area contributed by atoms with Crippen molar-refractivity contribution in [3.05, 3.63) is 18.0 Å². The number of H-pyrrole nitrogens is 1. The highest BCUT2D eigenvalue weighted by Gasteiger charge is 1.97. The highest BCUT2D eigenvalue weighted by Crippen LogP contribution is 2.05. The molecule has 0 aliphatic rings. The van der Waals surface area contributed by atoms with Gasteiger partial charge in [0.05, 0.1) is 6.20 Å². The van der Waals surface area contributed by atoms with Crippen LogP contribution in [0, 0.1) is 0 Å². The van der Waals surface area contributed by atoms with E-state index in [1.165, 1.54) is 0 Å². The maximum Gasteiger partial charge on any atom is 0.0535 e. The molecule has 0 saturated carbocycles. The van der Waals surface area contributed by atoms with Gasteiger partial charge >= 0.3 is 0 Å². The molecule has 0 spiro atoms. The van der Waals surface area contributed by atoms with Crippen molar-refractivity contribution in [1.82, 2.24) is 15.9 Å². The fourth-order valence-corrected chi connectivity index (χ4v) is 0.498. The van der Waals surface area contributed by atoms with Crippen molar-refractivity contribution in [3.63, 3.8) is 0 Å². The highest BCUT2D eigenvalue weighted by atomic mass is 15.1. The minimum absolute atomic E-state index is 0.159. The van der Waals surface area contributed by atoms with E-state index in [-0.39, 0.29) is 6.04 Å². The van der Waals surface area contributed by atoms with Gasteiger partial charge in [-0.15, -0.1) is 0 Å². The van der Waals surface area contributed by atoms with E-state index in [4.69, 9.17) is 5.73 Å². The quantitative estimate of drug-likeness (QED) is 0.570. The van der Waals surface area contributed by atoms with Crippen molar-refractivity contribution in [3.8, 4) is 0 Å². The minimum Gasteiger partial charge on any atom is -0.285 e. The molecule has 0 aromatic carbocycles. The SMILES string of the molecule is CC([NH])c1cn[nH]c1. The summed E-state index contributed by atoms with van der Waals surface area (Å²) < 4.78 is 0. The summed E-state index contributed by atoms with van der Waals surface area (Å²) in [4.78, 5) is 0. The molecule has 0 amide bonds. The molecule has 1 rings (SSSR count). The number of hydrogen-bond acceptors (Lipinski definition) is 1. The maximum absolute atomic E-state index is 7.18. The minimum atomic E-state index is -0.159. The van der Waals surface area contributed by atoms with Crippen molar-refractivity contribution < 1.29 is 0 Å². The Morgan fingerprint density at radius 3 is 2.88 bits per heavy atom. The summed E-state index contributed by atoms with van der Waals surface area (Å²) in [7, 11) is 0. The lowest BCUT2D eigenvalue weighted by molar-refractivity contribution is 0.788. The molecule has 1 unspecified atom stereocenters. The summed E-state index contributed by atoms with van der Waals surface area (Å²) in [6.07, 6.45) is 3.40. The first kappa shape index (κ1) is 5.31. The van der Waals surface area contributed by atoms with E-state index in [1.54, 1.807) is 12.4 Å². The lowest BCUT2D eigenvalue weighted by Crippen LogP contribution is -1.88. The molecule has 1 atom stereocenters. The van der Waals surface area contributed by atoms with Gasteiger partial charge in [-0.05, 0) is 6.92 Å². The van der Waals surface area contributed by atoms with E-state index in [2.05, 4.69) is 10.2 Å². The van der Waals surface area contributed by atoms with Crippen molar-refractivity contribution in [2.24, 2.45) is 0 Å². The van der Waals surface area contributed by atoms with Gasteiger partial charge in [-0.3, -0.25) is 5.10 Å². The van der Waals surface area contributed by atoms with Crippen LogP contribution in [-0.4, -0.2) is 10.2 Å². The van der Waals surface area contributed by atoms with Crippen LogP contribution in [0.5, 0.6) is 0 Å². The van der Waals surface area contributed by atoms with Crippen LogP contribution in [0.4, 0.5) is 0 Å². The Bertz CT molecular complexity index is 143. The molecule has 0 aliphatic heterocycles. The van der Waals surface area contributed by atoms with Crippen LogP contribution < -0.4 is 5.73 Å². The third-order valence-corrected chi connectivity index (χ3v) is 1.02. The van der Waals surface area contributed by atoms with Gasteiger partial charge in [0, 0.05) is 17.8 Å². The first-order chi connectivity index (χ1) is 3.80. The summed E-state index contributed by atoms with van der Waals surface area (Å²) in [5.74, 6) is 0. The first-order valence-corrected chi connectivity index (χ1v) is 2.50. The fraction of sp³-hybridized carbons (Fsp3) is 0.400. The monoisotopic (exact) mass is 110 g/mol. The molecule has 3 nitrogen and oxygen atoms in total. The van der Waals surface area contributed by atoms with Crippen LogP contribution in [0.15, 0.2) is 12.4 Å². The molecule has 43 valence electrons. The zero-order chi connectivity index (χ0) is 5.98. The molecule has 1 radical (unpaired) electrons. The smallest absolute Gasteiger partial charge is 0.0535 e. The summed E-state index contributed by atoms with van der Waals surface area (Å²) in [5.41, 5.74) is 8.11. The summed E-state index contributed by atoms with van der Waals surface area (Å²) in [5, 5.41) is 6.34. The molecular weight excluding hydrogens is 102 g/mol. The predicted molar refractivity (Wildman–Crippen MR) is 30.1 cm³/mol. The van der Waals surface area contributed by atoms with Crippen LogP contribution in [0.25, 0.3) is 0 Å². The van der Waals surface area contributed by atoms with Gasteiger partial charge in [0.25, 0.3) is 0 Å². The first-order valence-electron chi connectivity index (χ1n) is 2.50. The summed E-state index contributed by atoms with van der Waals surface area (Å²) in [6, 6.07) is -0.159. The van der Waals surface area contributed by atoms with Crippen LogP contribution >= 0.6 is 0 Å². The Hall–Kier alpha value is -0.830. The molecule has 3 heteroatoms. The van der Waals surface area contributed by atoms with Crippen molar-refractivity contribution in [2.75, 3.05) is 0 Å². The second kappa shape index (κ2) is 1.96. The van der Waals surface area contributed by atoms with E-state index in [9.17, 15) is 0 Å². The zero-order valence-electron chi connectivity index (χ0n) is 4.68. The molecular formula is C5H8N3. The van der Waals surface area contributed by atoms with Gasteiger partial charge in [0.2, 0.25) is 0 Å². The Morgan fingerprint density at radius 1 is 1.88 bits per heavy atom. The standard InChI is InChI=1S/C5H8N3/c1-4(6)5-2-7-8-3-5/h2-4,6H,1H3,(H,7,8). The molecule has 1 heterocycles. The average molecular weight is 110 g/mol. The maximum atomic E-state index is 7.18. The normalized spacial score (nSPS) is 13.8. The third kappa shape index (κ3) is 0.869. The number of nitrogens with one attached hydrogen (secondary N) is 2. The van der Waals surface area contributed by atoms with Gasteiger partial charge in [0.1, 0.15) is 0 Å². The Morgan fingerprint density at radius 2 is 2.62 bits per heavy atom. The third-order valence-electron chi connectivity index (χ3n) is 1.02. The fourth-order valence-electron chi connectivity index (χ4n) is 0.498. The van der Waals surface area contributed by atoms with Crippen molar-refractivity contribution in [1.29, 1.82) is 0 Å². The van der Waals surface area contributed by atoms with Gasteiger partial charge < -0.3 is 0 Å². The van der Waals surface area contributed by atoms with Gasteiger partial charge in [-0.1, -0.05) is 0 Å². The van der Waals surface area contributed by atoms with Crippen LogP contribution in [0.1, 0.15) is 18.5 Å². The van der Waals surface area contributed by atoms with E-state index in [0.29, 0.717) is 0 Å². The van der Waals surface area contributed by atoms with Gasteiger partial charge in [-0.2, -0.15) is 5.10 Å². The summed E-state index contributed by atoms with van der Waals surface area (Å²) in [6.45, 7) is 1.81. The zero-order valence-corrected chi connectivity index (χ0v) is 4.68. The Balaban J connectivity index is 2.77. The topological polar surface area (TPSA) is 52.5 Å². The van der Waals surface area contributed by atoms with E-state index >= 15 is 0 Å². The highest BCUT2D eigenvalue weighted by molar-refractivity contribution is 5.06. The molecule has 0 fully saturated rings. The molecule has 0 bridgehead atoms. The van der Waals surface area contributed by atoms with Crippen molar-refractivity contribution >= 4 is 0 Å². The van der Waals surface area contributed by atoms with Crippen LogP contribution in [-0.2, 0) is 0 Å². The Kier molecular flexibility index (Phi) is 1.30. The van der Waals surface area contributed by atoms with E-state index in [1.807, 2.05) is 6.92 Å². The number of rotatable bonds is 1. The lowest BCUT2D eigenvalue weighted by Gasteiger charge is -1.93. The second-order valence-electron chi connectivity index (χ2n) is 1.75. The molecule has 2 N–H and O–H groups in total. The second-order valence-corrected chi connectivity index (χ2v) is 1.75. The lowest BCUT2D eigenvalue weighted by atomic mass is 10.2. The molecule has 1 aromatic heterocycles. The van der Waals surface area contributed by atoms with E-state index in [0.717, 1.165) is 5.56 Å². The molecule has 0 saturated heterocycles. The molecule has 8 heavy (non-hydrogen) atoms. The summed E-state index contributed by atoms with van der Waals surface area (Å²) >= 11 is 0. The Labute approximate surface area is 47.9 Å². The predicted octanol–water partition coefficient (Wildman–Crippen LogP) is 0.754. The number of aromatic amines is 1. The van der Waals surface area contributed by atoms with Crippen LogP contribution in [0.2, 0.25) is 0 Å². The van der Waals surface area contributed by atoms with Crippen LogP contribution in [0.3, 0.4) is 0 Å². The molecule has 0 aliphatic carbocycles. The van der Waals surface area contributed by atoms with E-state index < -0.39 is 0 Å². The number of hydrogen-bond donors (Lipinski definition) is 1. The van der Waals surface area contributed by atoms with Crippen molar-refractivity contribution in [2.45, 2.75) is 13.0 Å². The number of nitrogens with zero attached hydrogens (tertiary/aromatic N) is 1. The van der Waals surface area contributed by atoms with Gasteiger partial charge in [-0.25, -0.2) is 5.73 Å². The molecule has 1 aromatic rings. The number of aromatic nitrogens is 2. The van der Waals surface area contributed by atoms with Gasteiger partial charge in [0.15, 0.2) is 0 Å². The average Bonchev–Trinajstić information content (AvgIpc) is 2.12. The largest absolute Gasteiger partial charge is 0.285 e.